The molecule has 0 fully saturated rings. The van der Waals surface area contributed by atoms with E-state index in [1.165, 1.54) is 17.7 Å². The van der Waals surface area contributed by atoms with Gasteiger partial charge in [-0.25, -0.2) is 4.39 Å². The van der Waals surface area contributed by atoms with Gasteiger partial charge in [-0.05, 0) is 35.4 Å². The van der Waals surface area contributed by atoms with E-state index in [0.717, 1.165) is 23.4 Å². The Hall–Kier alpha value is -2.94. The number of halogens is 1. The Kier molecular flexibility index (Phi) is 3.83. The van der Waals surface area contributed by atoms with Gasteiger partial charge >= 0.3 is 0 Å². The Balaban J connectivity index is 1.74. The molecule has 3 heteroatoms. The van der Waals surface area contributed by atoms with Crippen molar-refractivity contribution in [3.05, 3.63) is 102 Å². The van der Waals surface area contributed by atoms with Gasteiger partial charge in [0.2, 0.25) is 0 Å². The molecular formula is C21H17FN2. The summed E-state index contributed by atoms with van der Waals surface area (Å²) in [5, 5.41) is 6.91. The van der Waals surface area contributed by atoms with Gasteiger partial charge in [0, 0.05) is 6.42 Å². The van der Waals surface area contributed by atoms with E-state index in [4.69, 9.17) is 5.10 Å². The van der Waals surface area contributed by atoms with Crippen LogP contribution >= 0.6 is 0 Å². The molecule has 3 aromatic rings. The fourth-order valence-corrected chi connectivity index (χ4v) is 3.08. The van der Waals surface area contributed by atoms with Gasteiger partial charge in [0.05, 0.1) is 17.4 Å². The van der Waals surface area contributed by atoms with Crippen molar-refractivity contribution in [3.63, 3.8) is 0 Å². The summed E-state index contributed by atoms with van der Waals surface area (Å²) in [5.41, 5.74) is 4.23. The molecule has 1 aliphatic rings. The highest BCUT2D eigenvalue weighted by atomic mass is 19.1. The minimum Gasteiger partial charge on any atom is -0.257 e. The Morgan fingerprint density at radius 3 is 2.08 bits per heavy atom. The van der Waals surface area contributed by atoms with E-state index in [2.05, 4.69) is 29.3 Å². The van der Waals surface area contributed by atoms with E-state index in [1.807, 2.05) is 36.4 Å². The summed E-state index contributed by atoms with van der Waals surface area (Å²) in [6.45, 7) is 0. The van der Waals surface area contributed by atoms with Gasteiger partial charge in [-0.1, -0.05) is 60.7 Å². The van der Waals surface area contributed by atoms with E-state index in [9.17, 15) is 4.39 Å². The molecule has 0 saturated carbocycles. The Labute approximate surface area is 140 Å². The zero-order valence-electron chi connectivity index (χ0n) is 13.1. The first kappa shape index (κ1) is 14.6. The highest BCUT2D eigenvalue weighted by Gasteiger charge is 2.29. The molecule has 24 heavy (non-hydrogen) atoms. The smallest absolute Gasteiger partial charge is 0.123 e. The maximum absolute atomic E-state index is 13.2. The lowest BCUT2D eigenvalue weighted by molar-refractivity contribution is 0.627. The summed E-state index contributed by atoms with van der Waals surface area (Å²) in [5.74, 6) is -0.225. The molecule has 118 valence electrons. The first-order valence-corrected chi connectivity index (χ1v) is 8.04. The monoisotopic (exact) mass is 316 g/mol. The first-order valence-electron chi connectivity index (χ1n) is 8.04. The second kappa shape index (κ2) is 6.28. The number of hydrogen-bond donors (Lipinski definition) is 0. The van der Waals surface area contributed by atoms with Gasteiger partial charge < -0.3 is 0 Å². The van der Waals surface area contributed by atoms with E-state index in [-0.39, 0.29) is 11.9 Å². The lowest BCUT2D eigenvalue weighted by Gasteiger charge is -2.23. The van der Waals surface area contributed by atoms with E-state index >= 15 is 0 Å². The number of hydrazone groups is 1. The van der Waals surface area contributed by atoms with E-state index in [0.29, 0.717) is 0 Å². The predicted octanol–water partition coefficient (Wildman–Crippen LogP) is 5.18. The molecule has 0 saturated heterocycles. The van der Waals surface area contributed by atoms with Crippen molar-refractivity contribution in [1.29, 1.82) is 0 Å². The fraction of sp³-hybridized carbons (Fsp3) is 0.0952. The van der Waals surface area contributed by atoms with Gasteiger partial charge in [-0.3, -0.25) is 5.01 Å². The highest BCUT2D eigenvalue weighted by molar-refractivity contribution is 6.03. The van der Waals surface area contributed by atoms with Crippen LogP contribution in [-0.4, -0.2) is 5.71 Å². The minimum absolute atomic E-state index is 0.147. The minimum atomic E-state index is -0.225. The zero-order valence-corrected chi connectivity index (χ0v) is 13.1. The van der Waals surface area contributed by atoms with Crippen LogP contribution in [-0.2, 0) is 0 Å². The van der Waals surface area contributed by atoms with Gasteiger partial charge in [0.25, 0.3) is 0 Å². The summed E-state index contributed by atoms with van der Waals surface area (Å²) >= 11 is 0. The quantitative estimate of drug-likeness (QED) is 0.650. The number of rotatable bonds is 3. The average Bonchev–Trinajstić information content (AvgIpc) is 3.09. The third-order valence-corrected chi connectivity index (χ3v) is 4.29. The summed E-state index contributed by atoms with van der Waals surface area (Å²) in [4.78, 5) is 0. The van der Waals surface area contributed by atoms with Crippen LogP contribution in [0.3, 0.4) is 0 Å². The van der Waals surface area contributed by atoms with Crippen molar-refractivity contribution in [2.75, 3.05) is 5.01 Å². The van der Waals surface area contributed by atoms with E-state index in [1.54, 1.807) is 12.1 Å². The second-order valence-electron chi connectivity index (χ2n) is 5.86. The lowest BCUT2D eigenvalue weighted by Crippen LogP contribution is -2.18. The SMILES string of the molecule is Fc1ccc(C2=NN(c3ccccc3)[C@H](c3ccccc3)C2)cc1. The molecule has 0 bridgehead atoms. The van der Waals surface area contributed by atoms with Gasteiger partial charge in [-0.15, -0.1) is 0 Å². The molecular weight excluding hydrogens is 299 g/mol. The van der Waals surface area contributed by atoms with Crippen LogP contribution in [0.2, 0.25) is 0 Å². The molecule has 1 aliphatic heterocycles. The van der Waals surface area contributed by atoms with Crippen molar-refractivity contribution in [2.24, 2.45) is 5.10 Å². The number of para-hydroxylation sites is 1. The summed E-state index contributed by atoms with van der Waals surface area (Å²) in [7, 11) is 0. The molecule has 0 radical (unpaired) electrons. The molecule has 0 unspecified atom stereocenters. The van der Waals surface area contributed by atoms with Crippen LogP contribution in [0.25, 0.3) is 0 Å². The normalized spacial score (nSPS) is 17.0. The second-order valence-corrected chi connectivity index (χ2v) is 5.86. The Morgan fingerprint density at radius 1 is 0.792 bits per heavy atom. The predicted molar refractivity (Wildman–Crippen MR) is 95.7 cm³/mol. The third-order valence-electron chi connectivity index (χ3n) is 4.29. The molecule has 3 aromatic carbocycles. The molecule has 1 atom stereocenters. The van der Waals surface area contributed by atoms with Crippen molar-refractivity contribution in [1.82, 2.24) is 0 Å². The Bertz CT molecular complexity index is 842. The lowest BCUT2D eigenvalue weighted by atomic mass is 9.98. The van der Waals surface area contributed by atoms with Crippen molar-refractivity contribution in [3.8, 4) is 0 Å². The van der Waals surface area contributed by atoms with Gasteiger partial charge in [0.15, 0.2) is 0 Å². The fourth-order valence-electron chi connectivity index (χ4n) is 3.08. The first-order chi connectivity index (χ1) is 11.8. The van der Waals surface area contributed by atoms with Crippen molar-refractivity contribution < 1.29 is 4.39 Å². The van der Waals surface area contributed by atoms with Crippen molar-refractivity contribution >= 4 is 11.4 Å². The standard InChI is InChI=1S/C21H17FN2/c22-18-13-11-16(12-14-18)20-15-21(17-7-3-1-4-8-17)24(23-20)19-9-5-2-6-10-19/h1-14,21H,15H2/t21-/m0/s1. The summed E-state index contributed by atoms with van der Waals surface area (Å²) < 4.78 is 13.2. The average molecular weight is 316 g/mol. The van der Waals surface area contributed by atoms with Crippen LogP contribution in [0.1, 0.15) is 23.6 Å². The van der Waals surface area contributed by atoms with Crippen molar-refractivity contribution in [2.45, 2.75) is 12.5 Å². The van der Waals surface area contributed by atoms with Crippen LogP contribution in [0.15, 0.2) is 90.0 Å². The van der Waals surface area contributed by atoms with Gasteiger partial charge in [-0.2, -0.15) is 5.10 Å². The molecule has 4 rings (SSSR count). The molecule has 0 amide bonds. The maximum Gasteiger partial charge on any atom is 0.123 e. The van der Waals surface area contributed by atoms with Crippen LogP contribution < -0.4 is 5.01 Å². The highest BCUT2D eigenvalue weighted by Crippen LogP contribution is 2.36. The van der Waals surface area contributed by atoms with E-state index < -0.39 is 0 Å². The molecule has 0 aromatic heterocycles. The largest absolute Gasteiger partial charge is 0.257 e. The third kappa shape index (κ3) is 2.81. The number of hydrogen-bond acceptors (Lipinski definition) is 2. The number of nitrogens with zero attached hydrogens (tertiary/aromatic N) is 2. The maximum atomic E-state index is 13.2. The topological polar surface area (TPSA) is 15.6 Å². The van der Waals surface area contributed by atoms with Crippen LogP contribution in [0.4, 0.5) is 10.1 Å². The number of anilines is 1. The number of benzene rings is 3. The van der Waals surface area contributed by atoms with Crippen LogP contribution in [0, 0.1) is 5.82 Å². The molecule has 0 spiro atoms. The molecule has 2 nitrogen and oxygen atoms in total. The summed E-state index contributed by atoms with van der Waals surface area (Å²) in [6, 6.07) is 27.3. The molecule has 0 N–H and O–H groups in total. The molecule has 0 aliphatic carbocycles. The summed E-state index contributed by atoms with van der Waals surface area (Å²) in [6.07, 6.45) is 0.796. The molecule has 1 heterocycles. The zero-order chi connectivity index (χ0) is 16.4. The Morgan fingerprint density at radius 2 is 1.42 bits per heavy atom. The van der Waals surface area contributed by atoms with Gasteiger partial charge in [0.1, 0.15) is 5.82 Å². The van der Waals surface area contributed by atoms with Crippen LogP contribution in [0.5, 0.6) is 0 Å².